The van der Waals surface area contributed by atoms with E-state index >= 15 is 0 Å². The van der Waals surface area contributed by atoms with Crippen molar-refractivity contribution in [1.82, 2.24) is 0 Å². The molecule has 0 fully saturated rings. The summed E-state index contributed by atoms with van der Waals surface area (Å²) >= 11 is 0. The van der Waals surface area contributed by atoms with Crippen LogP contribution < -0.4 is 4.74 Å². The number of carbonyl (C=O) groups is 1. The van der Waals surface area contributed by atoms with E-state index in [0.717, 1.165) is 5.56 Å². The quantitative estimate of drug-likeness (QED) is 0.585. The zero-order chi connectivity index (χ0) is 10.6. The molecule has 1 aromatic carbocycles. The van der Waals surface area contributed by atoms with Crippen LogP contribution in [0.4, 0.5) is 0 Å². The van der Waals surface area contributed by atoms with Crippen LogP contribution in [0.5, 0.6) is 11.5 Å². The van der Waals surface area contributed by atoms with Gasteiger partial charge in [-0.1, -0.05) is 6.08 Å². The molecule has 0 atom stereocenters. The summed E-state index contributed by atoms with van der Waals surface area (Å²) in [5.74, 6) is 0.196. The number of ether oxygens (including phenoxy) is 1. The predicted molar refractivity (Wildman–Crippen MR) is 53.9 cm³/mol. The zero-order valence-corrected chi connectivity index (χ0v) is 7.99. The third-order valence-corrected chi connectivity index (χ3v) is 1.89. The van der Waals surface area contributed by atoms with Crippen LogP contribution in [0, 0.1) is 0 Å². The minimum atomic E-state index is -0.115. The van der Waals surface area contributed by atoms with E-state index in [2.05, 4.69) is 6.58 Å². The van der Waals surface area contributed by atoms with Gasteiger partial charge in [-0.3, -0.25) is 4.79 Å². The standard InChI is InChI=1S/C11H12O3/c1-3-4-8-5-9(7-12)11(13)10(6-8)14-2/h3,5-7,13H,1,4H2,2H3. The predicted octanol–water partition coefficient (Wildman–Crippen LogP) is 1.94. The van der Waals surface area contributed by atoms with Gasteiger partial charge in [0.1, 0.15) is 0 Å². The van der Waals surface area contributed by atoms with E-state index in [1.807, 2.05) is 0 Å². The molecule has 1 rings (SSSR count). The van der Waals surface area contributed by atoms with Crippen LogP contribution in [0.2, 0.25) is 0 Å². The number of phenolic OH excluding ortho intramolecular Hbond substituents is 1. The molecule has 0 aromatic heterocycles. The van der Waals surface area contributed by atoms with Gasteiger partial charge in [0.15, 0.2) is 17.8 Å². The van der Waals surface area contributed by atoms with Crippen LogP contribution in [0.1, 0.15) is 15.9 Å². The van der Waals surface area contributed by atoms with Crippen molar-refractivity contribution in [2.75, 3.05) is 7.11 Å². The average Bonchev–Trinajstić information content (AvgIpc) is 2.20. The van der Waals surface area contributed by atoms with Gasteiger partial charge in [0.2, 0.25) is 0 Å². The summed E-state index contributed by atoms with van der Waals surface area (Å²) in [6, 6.07) is 3.30. The third kappa shape index (κ3) is 1.93. The van der Waals surface area contributed by atoms with Crippen molar-refractivity contribution >= 4 is 6.29 Å². The Morgan fingerprint density at radius 3 is 2.79 bits per heavy atom. The number of phenols is 1. The Labute approximate surface area is 82.6 Å². The van der Waals surface area contributed by atoms with Crippen molar-refractivity contribution in [2.24, 2.45) is 0 Å². The van der Waals surface area contributed by atoms with Gasteiger partial charge >= 0.3 is 0 Å². The first kappa shape index (κ1) is 10.3. The summed E-state index contributed by atoms with van der Waals surface area (Å²) in [6.07, 6.45) is 2.96. The first-order valence-corrected chi connectivity index (χ1v) is 4.19. The molecule has 0 heterocycles. The smallest absolute Gasteiger partial charge is 0.168 e. The highest BCUT2D eigenvalue weighted by Crippen LogP contribution is 2.30. The lowest BCUT2D eigenvalue weighted by Gasteiger charge is -2.07. The van der Waals surface area contributed by atoms with Crippen LogP contribution >= 0.6 is 0 Å². The Kier molecular flexibility index (Phi) is 3.29. The van der Waals surface area contributed by atoms with E-state index in [1.54, 1.807) is 18.2 Å². The van der Waals surface area contributed by atoms with Crippen molar-refractivity contribution in [2.45, 2.75) is 6.42 Å². The third-order valence-electron chi connectivity index (χ3n) is 1.89. The Morgan fingerprint density at radius 1 is 1.57 bits per heavy atom. The molecule has 3 heteroatoms. The molecular formula is C11H12O3. The highest BCUT2D eigenvalue weighted by molar-refractivity contribution is 5.81. The number of aldehydes is 1. The molecule has 0 aliphatic heterocycles. The number of benzene rings is 1. The van der Waals surface area contributed by atoms with Crippen LogP contribution in [0.25, 0.3) is 0 Å². The molecule has 0 bridgehead atoms. The molecule has 0 saturated heterocycles. The normalized spacial score (nSPS) is 9.50. The van der Waals surface area contributed by atoms with E-state index in [1.165, 1.54) is 7.11 Å². The average molecular weight is 192 g/mol. The SMILES string of the molecule is C=CCc1cc(C=O)c(O)c(OC)c1. The summed E-state index contributed by atoms with van der Waals surface area (Å²) in [5.41, 5.74) is 1.12. The summed E-state index contributed by atoms with van der Waals surface area (Å²) in [5, 5.41) is 9.50. The van der Waals surface area contributed by atoms with Gasteiger partial charge in [-0.2, -0.15) is 0 Å². The second kappa shape index (κ2) is 4.46. The lowest BCUT2D eigenvalue weighted by molar-refractivity contribution is 0.112. The van der Waals surface area contributed by atoms with E-state index < -0.39 is 0 Å². The summed E-state index contributed by atoms with van der Waals surface area (Å²) in [7, 11) is 1.45. The van der Waals surface area contributed by atoms with Crippen LogP contribution in [-0.4, -0.2) is 18.5 Å². The van der Waals surface area contributed by atoms with Crippen LogP contribution in [0.3, 0.4) is 0 Å². The van der Waals surface area contributed by atoms with Crippen LogP contribution in [0.15, 0.2) is 24.8 Å². The molecule has 14 heavy (non-hydrogen) atoms. The number of aromatic hydroxyl groups is 1. The molecule has 0 amide bonds. The largest absolute Gasteiger partial charge is 0.504 e. The van der Waals surface area contributed by atoms with Gasteiger partial charge in [0.25, 0.3) is 0 Å². The maximum absolute atomic E-state index is 10.6. The lowest BCUT2D eigenvalue weighted by Crippen LogP contribution is -1.92. The molecule has 0 radical (unpaired) electrons. The number of allylic oxidation sites excluding steroid dienone is 1. The molecule has 3 nitrogen and oxygen atoms in total. The second-order valence-corrected chi connectivity index (χ2v) is 2.85. The fourth-order valence-electron chi connectivity index (χ4n) is 1.22. The van der Waals surface area contributed by atoms with Crippen molar-refractivity contribution in [3.63, 3.8) is 0 Å². The summed E-state index contributed by atoms with van der Waals surface area (Å²) in [4.78, 5) is 10.6. The molecule has 0 unspecified atom stereocenters. The van der Waals surface area contributed by atoms with Gasteiger partial charge in [0.05, 0.1) is 12.7 Å². The molecule has 0 saturated carbocycles. The van der Waals surface area contributed by atoms with Crippen molar-refractivity contribution < 1.29 is 14.6 Å². The van der Waals surface area contributed by atoms with Gasteiger partial charge in [-0.05, 0) is 24.1 Å². The van der Waals surface area contributed by atoms with Crippen molar-refractivity contribution in [3.05, 3.63) is 35.9 Å². The van der Waals surface area contributed by atoms with Crippen molar-refractivity contribution in [1.29, 1.82) is 0 Å². The first-order chi connectivity index (χ1) is 6.72. The fraction of sp³-hybridized carbons (Fsp3) is 0.182. The highest BCUT2D eigenvalue weighted by atomic mass is 16.5. The van der Waals surface area contributed by atoms with Gasteiger partial charge < -0.3 is 9.84 Å². The minimum absolute atomic E-state index is 0.115. The molecular weight excluding hydrogens is 180 g/mol. The van der Waals surface area contributed by atoms with E-state index in [-0.39, 0.29) is 11.3 Å². The van der Waals surface area contributed by atoms with Gasteiger partial charge in [-0.15, -0.1) is 6.58 Å². The maximum Gasteiger partial charge on any atom is 0.168 e. The lowest BCUT2D eigenvalue weighted by atomic mass is 10.1. The number of methoxy groups -OCH3 is 1. The molecule has 0 aliphatic carbocycles. The maximum atomic E-state index is 10.6. The van der Waals surface area contributed by atoms with Crippen molar-refractivity contribution in [3.8, 4) is 11.5 Å². The molecule has 1 N–H and O–H groups in total. The first-order valence-electron chi connectivity index (χ1n) is 4.19. The number of rotatable bonds is 4. The fourth-order valence-corrected chi connectivity index (χ4v) is 1.22. The Bertz CT molecular complexity index is 356. The number of carbonyl (C=O) groups excluding carboxylic acids is 1. The Balaban J connectivity index is 3.23. The zero-order valence-electron chi connectivity index (χ0n) is 7.99. The topological polar surface area (TPSA) is 46.5 Å². The molecule has 74 valence electrons. The van der Waals surface area contributed by atoms with Gasteiger partial charge in [0, 0.05) is 0 Å². The van der Waals surface area contributed by atoms with E-state index in [9.17, 15) is 9.90 Å². The monoisotopic (exact) mass is 192 g/mol. The minimum Gasteiger partial charge on any atom is -0.504 e. The Hall–Kier alpha value is -1.77. The molecule has 1 aromatic rings. The summed E-state index contributed by atoms with van der Waals surface area (Å²) in [6.45, 7) is 3.60. The molecule has 0 spiro atoms. The second-order valence-electron chi connectivity index (χ2n) is 2.85. The highest BCUT2D eigenvalue weighted by Gasteiger charge is 2.08. The number of hydrogen-bond acceptors (Lipinski definition) is 3. The van der Waals surface area contributed by atoms with Crippen LogP contribution in [-0.2, 0) is 6.42 Å². The van der Waals surface area contributed by atoms with Gasteiger partial charge in [-0.25, -0.2) is 0 Å². The van der Waals surface area contributed by atoms with E-state index in [0.29, 0.717) is 18.5 Å². The van der Waals surface area contributed by atoms with E-state index in [4.69, 9.17) is 4.74 Å². The summed E-state index contributed by atoms with van der Waals surface area (Å²) < 4.78 is 4.93. The molecule has 0 aliphatic rings. The number of hydrogen-bond donors (Lipinski definition) is 1. The Morgan fingerprint density at radius 2 is 2.29 bits per heavy atom.